The molecular formula is C18H15NO5. The van der Waals surface area contributed by atoms with E-state index in [-0.39, 0.29) is 11.4 Å². The highest BCUT2D eigenvalue weighted by Gasteiger charge is 2.17. The maximum absolute atomic E-state index is 11.1. The summed E-state index contributed by atoms with van der Waals surface area (Å²) in [6.45, 7) is 1.69. The van der Waals surface area contributed by atoms with Crippen molar-refractivity contribution in [2.45, 2.75) is 6.92 Å². The van der Waals surface area contributed by atoms with Crippen LogP contribution in [0.2, 0.25) is 0 Å². The number of nitrogens with zero attached hydrogens (tertiary/aromatic N) is 1. The molecule has 0 spiro atoms. The third-order valence-electron chi connectivity index (χ3n) is 3.64. The van der Waals surface area contributed by atoms with Gasteiger partial charge in [-0.3, -0.25) is 0 Å². The first-order valence-corrected chi connectivity index (χ1v) is 7.18. The van der Waals surface area contributed by atoms with E-state index in [4.69, 9.17) is 14.6 Å². The fraction of sp³-hybridized carbons (Fsp3) is 0.111. The van der Waals surface area contributed by atoms with E-state index in [1.165, 1.54) is 0 Å². The van der Waals surface area contributed by atoms with E-state index in [1.807, 2.05) is 0 Å². The fourth-order valence-corrected chi connectivity index (χ4v) is 2.43. The number of aromatic carboxylic acids is 1. The lowest BCUT2D eigenvalue weighted by atomic mass is 10.1. The number of benzene rings is 2. The Kier molecular flexibility index (Phi) is 3.95. The van der Waals surface area contributed by atoms with Crippen molar-refractivity contribution in [2.75, 3.05) is 7.11 Å². The average molecular weight is 325 g/mol. The van der Waals surface area contributed by atoms with Gasteiger partial charge >= 0.3 is 5.97 Å². The predicted octanol–water partition coefficient (Wildman–Crippen LogP) is 3.75. The Morgan fingerprint density at radius 1 is 1.00 bits per heavy atom. The smallest absolute Gasteiger partial charge is 0.358 e. The minimum Gasteiger partial charge on any atom is -0.505 e. The lowest BCUT2D eigenvalue weighted by Crippen LogP contribution is -2.03. The number of aromatic hydroxyl groups is 1. The highest BCUT2D eigenvalue weighted by Crippen LogP contribution is 2.33. The van der Waals surface area contributed by atoms with Crippen LogP contribution in [-0.2, 0) is 0 Å². The van der Waals surface area contributed by atoms with Crippen molar-refractivity contribution in [3.05, 3.63) is 53.9 Å². The maximum atomic E-state index is 11.1. The molecule has 1 heterocycles. The van der Waals surface area contributed by atoms with Crippen molar-refractivity contribution in [1.29, 1.82) is 0 Å². The summed E-state index contributed by atoms with van der Waals surface area (Å²) in [5.41, 5.74) is 0.143. The monoisotopic (exact) mass is 325 g/mol. The molecule has 0 radical (unpaired) electrons. The minimum absolute atomic E-state index is 0.348. The Hall–Kier alpha value is -3.28. The predicted molar refractivity (Wildman–Crippen MR) is 88.2 cm³/mol. The number of pyridine rings is 1. The van der Waals surface area contributed by atoms with Crippen LogP contribution in [0.4, 0.5) is 0 Å². The number of aromatic nitrogens is 1. The third-order valence-corrected chi connectivity index (χ3v) is 3.64. The van der Waals surface area contributed by atoms with Crippen LogP contribution in [0.5, 0.6) is 23.0 Å². The van der Waals surface area contributed by atoms with Crippen molar-refractivity contribution in [3.63, 3.8) is 0 Å². The molecule has 0 saturated heterocycles. The number of carbonyl (C=O) groups is 1. The lowest BCUT2D eigenvalue weighted by molar-refractivity contribution is 0.0687. The van der Waals surface area contributed by atoms with Crippen LogP contribution in [-0.4, -0.2) is 28.3 Å². The van der Waals surface area contributed by atoms with Crippen molar-refractivity contribution in [2.24, 2.45) is 0 Å². The van der Waals surface area contributed by atoms with Gasteiger partial charge in [0.05, 0.1) is 7.11 Å². The zero-order valence-corrected chi connectivity index (χ0v) is 13.1. The molecule has 0 aliphatic carbocycles. The Labute approximate surface area is 137 Å². The summed E-state index contributed by atoms with van der Waals surface area (Å²) >= 11 is 0. The summed E-state index contributed by atoms with van der Waals surface area (Å²) in [6.07, 6.45) is 0. The van der Waals surface area contributed by atoms with Crippen LogP contribution in [0.3, 0.4) is 0 Å². The second kappa shape index (κ2) is 6.08. The van der Waals surface area contributed by atoms with E-state index in [0.29, 0.717) is 28.0 Å². The summed E-state index contributed by atoms with van der Waals surface area (Å²) in [6, 6.07) is 12.1. The molecule has 3 aromatic rings. The van der Waals surface area contributed by atoms with E-state index in [0.717, 1.165) is 5.75 Å². The molecule has 2 aromatic carbocycles. The number of hydrogen-bond donors (Lipinski definition) is 2. The molecule has 0 saturated carbocycles. The molecule has 0 aliphatic rings. The molecule has 0 amide bonds. The van der Waals surface area contributed by atoms with Crippen molar-refractivity contribution >= 4 is 16.7 Å². The molecule has 0 unspecified atom stereocenters. The highest BCUT2D eigenvalue weighted by atomic mass is 16.5. The molecule has 6 heteroatoms. The SMILES string of the molecule is COc1ccc(Oc2ccc3c(O)c(C(=O)O)nc(C)c3c2)cc1. The first-order valence-electron chi connectivity index (χ1n) is 7.18. The molecule has 122 valence electrons. The standard InChI is InChI=1S/C18H15NO5/c1-10-15-9-13(24-12-5-3-11(23-2)4-6-12)7-8-14(15)17(20)16(19-10)18(21)22/h3-9,20H,1-2H3,(H,21,22). The Morgan fingerprint density at radius 2 is 1.62 bits per heavy atom. The van der Waals surface area contributed by atoms with Gasteiger partial charge in [0.25, 0.3) is 0 Å². The number of carboxylic acid groups (broad SMARTS) is 1. The molecule has 0 atom stereocenters. The summed E-state index contributed by atoms with van der Waals surface area (Å²) in [5, 5.41) is 20.2. The quantitative estimate of drug-likeness (QED) is 0.759. The first-order chi connectivity index (χ1) is 11.5. The Bertz CT molecular complexity index is 919. The van der Waals surface area contributed by atoms with Gasteiger partial charge in [0.15, 0.2) is 11.4 Å². The summed E-state index contributed by atoms with van der Waals surface area (Å²) in [5.74, 6) is 0.300. The number of fused-ring (bicyclic) bond motifs is 1. The van der Waals surface area contributed by atoms with E-state index in [1.54, 1.807) is 56.5 Å². The van der Waals surface area contributed by atoms with Crippen LogP contribution < -0.4 is 9.47 Å². The van der Waals surface area contributed by atoms with Gasteiger partial charge in [-0.1, -0.05) is 0 Å². The zero-order valence-electron chi connectivity index (χ0n) is 13.1. The van der Waals surface area contributed by atoms with E-state index < -0.39 is 5.97 Å². The summed E-state index contributed by atoms with van der Waals surface area (Å²) < 4.78 is 10.9. The lowest BCUT2D eigenvalue weighted by Gasteiger charge is -2.11. The van der Waals surface area contributed by atoms with Gasteiger partial charge in [0.1, 0.15) is 17.2 Å². The van der Waals surface area contributed by atoms with Gasteiger partial charge in [-0.05, 0) is 49.4 Å². The zero-order chi connectivity index (χ0) is 17.3. The molecule has 24 heavy (non-hydrogen) atoms. The van der Waals surface area contributed by atoms with Gasteiger partial charge in [-0.25, -0.2) is 9.78 Å². The van der Waals surface area contributed by atoms with E-state index >= 15 is 0 Å². The topological polar surface area (TPSA) is 88.9 Å². The van der Waals surface area contributed by atoms with E-state index in [2.05, 4.69) is 4.98 Å². The average Bonchev–Trinajstić information content (AvgIpc) is 2.58. The summed E-state index contributed by atoms with van der Waals surface area (Å²) in [7, 11) is 1.59. The van der Waals surface area contributed by atoms with Crippen LogP contribution in [0, 0.1) is 6.92 Å². The van der Waals surface area contributed by atoms with E-state index in [9.17, 15) is 9.90 Å². The largest absolute Gasteiger partial charge is 0.505 e. The molecule has 3 rings (SSSR count). The molecule has 6 nitrogen and oxygen atoms in total. The summed E-state index contributed by atoms with van der Waals surface area (Å²) in [4.78, 5) is 15.1. The molecule has 0 bridgehead atoms. The van der Waals surface area contributed by atoms with Gasteiger partial charge < -0.3 is 19.7 Å². The second-order valence-corrected chi connectivity index (χ2v) is 5.18. The number of methoxy groups -OCH3 is 1. The third kappa shape index (κ3) is 2.81. The Balaban J connectivity index is 2.00. The number of ether oxygens (including phenoxy) is 2. The number of aryl methyl sites for hydroxylation is 1. The normalized spacial score (nSPS) is 10.6. The molecule has 0 fully saturated rings. The molecular weight excluding hydrogens is 310 g/mol. The van der Waals surface area contributed by atoms with Crippen molar-refractivity contribution in [3.8, 4) is 23.0 Å². The fourth-order valence-electron chi connectivity index (χ4n) is 2.43. The van der Waals surface area contributed by atoms with Gasteiger partial charge in [0.2, 0.25) is 0 Å². The highest BCUT2D eigenvalue weighted by molar-refractivity contribution is 5.99. The van der Waals surface area contributed by atoms with Crippen LogP contribution in [0.15, 0.2) is 42.5 Å². The molecule has 2 N–H and O–H groups in total. The van der Waals surface area contributed by atoms with Gasteiger partial charge in [-0.15, -0.1) is 0 Å². The van der Waals surface area contributed by atoms with Crippen LogP contribution in [0.1, 0.15) is 16.2 Å². The Morgan fingerprint density at radius 3 is 2.25 bits per heavy atom. The van der Waals surface area contributed by atoms with Crippen molar-refractivity contribution in [1.82, 2.24) is 4.98 Å². The van der Waals surface area contributed by atoms with Gasteiger partial charge in [-0.2, -0.15) is 0 Å². The van der Waals surface area contributed by atoms with Crippen LogP contribution >= 0.6 is 0 Å². The molecule has 1 aromatic heterocycles. The second-order valence-electron chi connectivity index (χ2n) is 5.18. The van der Waals surface area contributed by atoms with Crippen LogP contribution in [0.25, 0.3) is 10.8 Å². The minimum atomic E-state index is -1.27. The molecule has 0 aliphatic heterocycles. The van der Waals surface area contributed by atoms with Gasteiger partial charge in [0, 0.05) is 16.5 Å². The van der Waals surface area contributed by atoms with Crippen molar-refractivity contribution < 1.29 is 24.5 Å². The maximum Gasteiger partial charge on any atom is 0.358 e. The first kappa shape index (κ1) is 15.6. The number of rotatable bonds is 4. The number of carboxylic acids is 1. The number of hydrogen-bond acceptors (Lipinski definition) is 5.